The number of hydrogen-bond donors (Lipinski definition) is 1. The summed E-state index contributed by atoms with van der Waals surface area (Å²) in [7, 11) is 2.06. The van der Waals surface area contributed by atoms with Gasteiger partial charge < -0.3 is 15.1 Å². The van der Waals surface area contributed by atoms with Crippen molar-refractivity contribution in [2.75, 3.05) is 39.8 Å². The zero-order valence-corrected chi connectivity index (χ0v) is 17.0. The first-order valence-corrected chi connectivity index (χ1v) is 10.3. The molecule has 30 heavy (non-hydrogen) atoms. The smallest absolute Gasteiger partial charge is 0.339 e. The number of piperazine rings is 1. The van der Waals surface area contributed by atoms with Gasteiger partial charge in [-0.05, 0) is 42.3 Å². The maximum atomic E-state index is 12.9. The van der Waals surface area contributed by atoms with Crippen LogP contribution in [-0.4, -0.2) is 61.5 Å². The van der Waals surface area contributed by atoms with Crippen LogP contribution < -0.4 is 5.32 Å². The lowest BCUT2D eigenvalue weighted by molar-refractivity contribution is -0.137. The van der Waals surface area contributed by atoms with Crippen LogP contribution in [0.4, 0.5) is 13.2 Å². The number of rotatable bonds is 5. The molecule has 2 aromatic rings. The normalized spacial score (nSPS) is 22.2. The quantitative estimate of drug-likeness (QED) is 0.808. The molecule has 0 unspecified atom stereocenters. The zero-order chi connectivity index (χ0) is 21.3. The highest BCUT2D eigenvalue weighted by molar-refractivity contribution is 5.78. The van der Waals surface area contributed by atoms with Crippen molar-refractivity contribution >= 4 is 5.91 Å². The Morgan fingerprint density at radius 3 is 2.40 bits per heavy atom. The summed E-state index contributed by atoms with van der Waals surface area (Å²) >= 11 is 0. The van der Waals surface area contributed by atoms with Crippen LogP contribution in [0.25, 0.3) is 11.1 Å². The molecule has 0 spiro atoms. The highest BCUT2D eigenvalue weighted by Gasteiger charge is 2.38. The minimum Gasteiger partial charge on any atom is -0.339 e. The fourth-order valence-corrected chi connectivity index (χ4v) is 3.97. The summed E-state index contributed by atoms with van der Waals surface area (Å²) < 4.78 is 38.8. The third-order valence-corrected chi connectivity index (χ3v) is 6.02. The molecule has 1 heterocycles. The van der Waals surface area contributed by atoms with Gasteiger partial charge in [-0.1, -0.05) is 36.4 Å². The average Bonchev–Trinajstić information content (AvgIpc) is 3.52. The van der Waals surface area contributed by atoms with E-state index in [1.807, 2.05) is 29.2 Å². The van der Waals surface area contributed by atoms with Crippen LogP contribution >= 0.6 is 0 Å². The van der Waals surface area contributed by atoms with Crippen molar-refractivity contribution in [2.45, 2.75) is 24.6 Å². The zero-order valence-electron chi connectivity index (χ0n) is 17.0. The first kappa shape index (κ1) is 20.9. The number of carbonyl (C=O) groups excluding carboxylic acids is 1. The predicted molar refractivity (Wildman–Crippen MR) is 110 cm³/mol. The molecule has 1 aliphatic heterocycles. The largest absolute Gasteiger partial charge is 0.416 e. The fraction of sp³-hybridized carbons (Fsp3) is 0.435. The van der Waals surface area contributed by atoms with Gasteiger partial charge in [0.05, 0.1) is 12.1 Å². The number of carbonyl (C=O) groups is 1. The number of nitrogens with one attached hydrogen (secondary N) is 1. The van der Waals surface area contributed by atoms with E-state index in [0.717, 1.165) is 49.8 Å². The number of halogens is 3. The maximum absolute atomic E-state index is 12.9. The Bertz CT molecular complexity index is 889. The van der Waals surface area contributed by atoms with Gasteiger partial charge >= 0.3 is 6.18 Å². The standard InChI is InChI=1S/C23H26F3N3O/c1-28-9-11-29(12-10-28)22(30)15-27-21-14-20(21)17-7-5-16(6-8-17)18-3-2-4-19(13-18)23(24,25)26/h2-8,13,20-21,27H,9-12,14-15H2,1H3/t20-,21+/m0/s1. The van der Waals surface area contributed by atoms with Crippen molar-refractivity contribution in [3.05, 3.63) is 59.7 Å². The number of alkyl halides is 3. The molecule has 7 heteroatoms. The highest BCUT2D eigenvalue weighted by atomic mass is 19.4. The summed E-state index contributed by atoms with van der Waals surface area (Å²) in [6, 6.07) is 13.4. The molecule has 4 rings (SSSR count). The van der Waals surface area contributed by atoms with Crippen molar-refractivity contribution in [2.24, 2.45) is 0 Å². The summed E-state index contributed by atoms with van der Waals surface area (Å²) in [5.74, 6) is 0.495. The lowest BCUT2D eigenvalue weighted by Crippen LogP contribution is -2.49. The van der Waals surface area contributed by atoms with Crippen molar-refractivity contribution in [3.8, 4) is 11.1 Å². The Balaban J connectivity index is 1.31. The maximum Gasteiger partial charge on any atom is 0.416 e. The van der Waals surface area contributed by atoms with Crippen molar-refractivity contribution in [1.82, 2.24) is 15.1 Å². The van der Waals surface area contributed by atoms with Gasteiger partial charge in [0.1, 0.15) is 0 Å². The Labute approximate surface area is 174 Å². The predicted octanol–water partition coefficient (Wildman–Crippen LogP) is 3.59. The molecule has 0 bridgehead atoms. The summed E-state index contributed by atoms with van der Waals surface area (Å²) in [5.41, 5.74) is 1.83. The molecular weight excluding hydrogens is 391 g/mol. The topological polar surface area (TPSA) is 35.6 Å². The molecule has 1 saturated heterocycles. The van der Waals surface area contributed by atoms with Crippen LogP contribution in [-0.2, 0) is 11.0 Å². The van der Waals surface area contributed by atoms with E-state index in [9.17, 15) is 18.0 Å². The Morgan fingerprint density at radius 2 is 1.73 bits per heavy atom. The van der Waals surface area contributed by atoms with Gasteiger partial charge in [0.25, 0.3) is 0 Å². The Hall–Kier alpha value is -2.38. The molecule has 160 valence electrons. The lowest BCUT2D eigenvalue weighted by Gasteiger charge is -2.32. The molecule has 2 aliphatic rings. The Kier molecular flexibility index (Phi) is 5.84. The summed E-state index contributed by atoms with van der Waals surface area (Å²) in [4.78, 5) is 16.5. The molecule has 1 amide bonds. The van der Waals surface area contributed by atoms with E-state index in [4.69, 9.17) is 0 Å². The second-order valence-corrected chi connectivity index (χ2v) is 8.21. The van der Waals surface area contributed by atoms with Gasteiger partial charge in [-0.25, -0.2) is 0 Å². The van der Waals surface area contributed by atoms with E-state index in [-0.39, 0.29) is 11.9 Å². The third-order valence-electron chi connectivity index (χ3n) is 6.02. The van der Waals surface area contributed by atoms with Crippen molar-refractivity contribution in [3.63, 3.8) is 0 Å². The van der Waals surface area contributed by atoms with Crippen molar-refractivity contribution < 1.29 is 18.0 Å². The third kappa shape index (κ3) is 4.84. The number of nitrogens with zero attached hydrogens (tertiary/aromatic N) is 2. The molecule has 2 fully saturated rings. The Morgan fingerprint density at radius 1 is 1.03 bits per heavy atom. The van der Waals surface area contributed by atoms with Crippen LogP contribution in [0.2, 0.25) is 0 Å². The van der Waals surface area contributed by atoms with Crippen LogP contribution in [0, 0.1) is 0 Å². The number of likely N-dealkylation sites (N-methyl/N-ethyl adjacent to an activating group) is 1. The summed E-state index contributed by atoms with van der Waals surface area (Å²) in [6.45, 7) is 3.74. The monoisotopic (exact) mass is 417 g/mol. The average molecular weight is 417 g/mol. The van der Waals surface area contributed by atoms with Crippen LogP contribution in [0.5, 0.6) is 0 Å². The van der Waals surface area contributed by atoms with Gasteiger partial charge in [-0.2, -0.15) is 13.2 Å². The molecule has 0 radical (unpaired) electrons. The first-order chi connectivity index (χ1) is 14.3. The van der Waals surface area contributed by atoms with E-state index in [2.05, 4.69) is 17.3 Å². The minimum atomic E-state index is -4.34. The highest BCUT2D eigenvalue weighted by Crippen LogP contribution is 2.41. The fourth-order valence-electron chi connectivity index (χ4n) is 3.97. The number of amides is 1. The summed E-state index contributed by atoms with van der Waals surface area (Å²) in [6.07, 6.45) is -3.37. The van der Waals surface area contributed by atoms with Gasteiger partial charge in [0.2, 0.25) is 5.91 Å². The second-order valence-electron chi connectivity index (χ2n) is 8.21. The van der Waals surface area contributed by atoms with E-state index in [1.165, 1.54) is 12.1 Å². The van der Waals surface area contributed by atoms with Crippen molar-refractivity contribution in [1.29, 1.82) is 0 Å². The molecule has 4 nitrogen and oxygen atoms in total. The molecule has 0 aromatic heterocycles. The summed E-state index contributed by atoms with van der Waals surface area (Å²) in [5, 5.41) is 3.35. The van der Waals surface area contributed by atoms with Gasteiger partial charge in [0.15, 0.2) is 0 Å². The van der Waals surface area contributed by atoms with E-state index >= 15 is 0 Å². The molecule has 2 aromatic carbocycles. The molecule has 1 N–H and O–H groups in total. The van der Waals surface area contributed by atoms with E-state index in [0.29, 0.717) is 18.0 Å². The van der Waals surface area contributed by atoms with Crippen LogP contribution in [0.15, 0.2) is 48.5 Å². The first-order valence-electron chi connectivity index (χ1n) is 10.3. The van der Waals surface area contributed by atoms with E-state index in [1.54, 1.807) is 6.07 Å². The molecule has 1 aliphatic carbocycles. The molecule has 2 atom stereocenters. The SMILES string of the molecule is CN1CCN(C(=O)CN[C@@H]2C[C@H]2c2ccc(-c3cccc(C(F)(F)F)c3)cc2)CC1. The molecule has 1 saturated carbocycles. The van der Waals surface area contributed by atoms with E-state index < -0.39 is 11.7 Å². The van der Waals surface area contributed by atoms with Gasteiger partial charge in [0, 0.05) is 38.1 Å². The number of benzene rings is 2. The van der Waals surface area contributed by atoms with Gasteiger partial charge in [-0.15, -0.1) is 0 Å². The van der Waals surface area contributed by atoms with Gasteiger partial charge in [-0.3, -0.25) is 4.79 Å². The lowest BCUT2D eigenvalue weighted by atomic mass is 10.0. The minimum absolute atomic E-state index is 0.147. The molecular formula is C23H26F3N3O. The number of hydrogen-bond acceptors (Lipinski definition) is 3. The van der Waals surface area contributed by atoms with Crippen LogP contribution in [0.1, 0.15) is 23.5 Å². The second kappa shape index (κ2) is 8.40. The van der Waals surface area contributed by atoms with Crippen LogP contribution in [0.3, 0.4) is 0 Å².